The zero-order valence-corrected chi connectivity index (χ0v) is 17.4. The molecule has 1 N–H and O–H groups in total. The molecule has 140 valence electrons. The molecule has 2 heterocycles. The van der Waals surface area contributed by atoms with Crippen molar-refractivity contribution in [2.45, 2.75) is 25.5 Å². The zero-order valence-electron chi connectivity index (χ0n) is 15.0. The number of carbonyl (C=O) groups excluding carboxylic acids is 1. The van der Waals surface area contributed by atoms with Gasteiger partial charge in [-0.05, 0) is 53.5 Å². The van der Waals surface area contributed by atoms with E-state index in [9.17, 15) is 4.79 Å². The fourth-order valence-electron chi connectivity index (χ4n) is 2.58. The molecule has 0 radical (unpaired) electrons. The molecule has 0 aliphatic carbocycles. The average Bonchev–Trinajstić information content (AvgIpc) is 3.22. The number of carbonyl (C=O) groups is 1. The van der Waals surface area contributed by atoms with Gasteiger partial charge in [0.1, 0.15) is 0 Å². The third kappa shape index (κ3) is 4.70. The van der Waals surface area contributed by atoms with Crippen LogP contribution >= 0.6 is 27.7 Å². The Morgan fingerprint density at radius 1 is 1.33 bits per heavy atom. The van der Waals surface area contributed by atoms with Crippen molar-refractivity contribution in [3.8, 4) is 11.6 Å². The van der Waals surface area contributed by atoms with Gasteiger partial charge in [-0.3, -0.25) is 9.36 Å². The van der Waals surface area contributed by atoms with Crippen molar-refractivity contribution >= 4 is 39.3 Å². The smallest absolute Gasteiger partial charge is 0.234 e. The number of furan rings is 1. The first-order valence-electron chi connectivity index (χ1n) is 8.27. The van der Waals surface area contributed by atoms with Crippen LogP contribution in [-0.2, 0) is 11.3 Å². The number of nitrogens with one attached hydrogen (secondary N) is 1. The summed E-state index contributed by atoms with van der Waals surface area (Å²) in [7, 11) is 0. The number of amides is 1. The normalized spacial score (nSPS) is 10.8. The summed E-state index contributed by atoms with van der Waals surface area (Å²) in [5.41, 5.74) is 3.02. The second kappa shape index (κ2) is 8.58. The molecule has 0 atom stereocenters. The molecule has 3 rings (SSSR count). The minimum atomic E-state index is -0.0950. The number of benzene rings is 1. The van der Waals surface area contributed by atoms with Crippen molar-refractivity contribution in [3.05, 3.63) is 58.8 Å². The number of anilines is 1. The van der Waals surface area contributed by atoms with Crippen LogP contribution in [0.3, 0.4) is 0 Å². The van der Waals surface area contributed by atoms with E-state index in [1.54, 1.807) is 12.1 Å². The Morgan fingerprint density at radius 3 is 2.81 bits per heavy atom. The maximum Gasteiger partial charge on any atom is 0.234 e. The lowest BCUT2D eigenvalue weighted by molar-refractivity contribution is -0.113. The fourth-order valence-corrected chi connectivity index (χ4v) is 3.63. The van der Waals surface area contributed by atoms with Gasteiger partial charge in [-0.2, -0.15) is 0 Å². The van der Waals surface area contributed by atoms with Crippen LogP contribution in [-0.4, -0.2) is 26.4 Å². The summed E-state index contributed by atoms with van der Waals surface area (Å²) in [4.78, 5) is 12.3. The number of halogens is 1. The van der Waals surface area contributed by atoms with Gasteiger partial charge < -0.3 is 9.73 Å². The molecule has 0 bridgehead atoms. The highest BCUT2D eigenvalue weighted by Gasteiger charge is 2.17. The van der Waals surface area contributed by atoms with Gasteiger partial charge in [0.25, 0.3) is 0 Å². The highest BCUT2D eigenvalue weighted by Crippen LogP contribution is 2.27. The largest absolute Gasteiger partial charge is 0.446 e. The van der Waals surface area contributed by atoms with Crippen LogP contribution in [0.5, 0.6) is 0 Å². The zero-order chi connectivity index (χ0) is 19.4. The Bertz CT molecular complexity index is 980. The maximum absolute atomic E-state index is 12.3. The van der Waals surface area contributed by atoms with Crippen LogP contribution in [0.4, 0.5) is 5.69 Å². The number of allylic oxidation sites excluding steroid dienone is 1. The van der Waals surface area contributed by atoms with E-state index in [-0.39, 0.29) is 11.7 Å². The third-order valence-corrected chi connectivity index (χ3v) is 5.20. The molecule has 6 nitrogen and oxygen atoms in total. The molecule has 1 amide bonds. The van der Waals surface area contributed by atoms with E-state index >= 15 is 0 Å². The Balaban J connectivity index is 1.71. The van der Waals surface area contributed by atoms with Crippen molar-refractivity contribution in [1.82, 2.24) is 14.8 Å². The molecule has 8 heteroatoms. The molecule has 0 saturated carbocycles. The number of hydrogen-bond acceptors (Lipinski definition) is 5. The first kappa shape index (κ1) is 19.4. The predicted octanol–water partition coefficient (Wildman–Crippen LogP) is 4.83. The highest BCUT2D eigenvalue weighted by atomic mass is 79.9. The number of aryl methyl sites for hydroxylation is 2. The Hall–Kier alpha value is -2.32. The Labute approximate surface area is 170 Å². The van der Waals surface area contributed by atoms with E-state index in [4.69, 9.17) is 4.42 Å². The van der Waals surface area contributed by atoms with Crippen LogP contribution in [0.2, 0.25) is 0 Å². The van der Waals surface area contributed by atoms with Crippen molar-refractivity contribution in [2.75, 3.05) is 11.1 Å². The second-order valence-electron chi connectivity index (χ2n) is 5.96. The number of aromatic nitrogens is 3. The number of nitrogens with zero attached hydrogens (tertiary/aromatic N) is 3. The van der Waals surface area contributed by atoms with Crippen molar-refractivity contribution < 1.29 is 9.21 Å². The summed E-state index contributed by atoms with van der Waals surface area (Å²) in [6.07, 6.45) is 1.75. The van der Waals surface area contributed by atoms with E-state index in [1.807, 2.05) is 42.7 Å². The summed E-state index contributed by atoms with van der Waals surface area (Å²) in [6, 6.07) is 9.54. The van der Waals surface area contributed by atoms with Crippen molar-refractivity contribution in [3.63, 3.8) is 0 Å². The first-order valence-corrected chi connectivity index (χ1v) is 10.1. The Kier molecular flexibility index (Phi) is 6.18. The number of thioether (sulfide) groups is 1. The lowest BCUT2D eigenvalue weighted by Gasteiger charge is -2.09. The molecule has 0 unspecified atom stereocenters. The lowest BCUT2D eigenvalue weighted by atomic mass is 10.1. The van der Waals surface area contributed by atoms with Crippen LogP contribution in [0.25, 0.3) is 11.6 Å². The molecule has 0 aliphatic rings. The molecule has 0 saturated heterocycles. The van der Waals surface area contributed by atoms with E-state index in [0.29, 0.717) is 28.0 Å². The van der Waals surface area contributed by atoms with Gasteiger partial charge in [0.15, 0.2) is 15.6 Å². The standard InChI is InChI=1S/C19H19BrN4O2S/c1-4-9-24-18(15-7-8-16(20)26-15)22-23-19(24)27-11-17(25)21-14-6-5-12(2)10-13(14)3/h4-8,10H,1,9,11H2,2-3H3,(H,21,25). The van der Waals surface area contributed by atoms with Gasteiger partial charge in [0.2, 0.25) is 11.7 Å². The number of rotatable bonds is 7. The van der Waals surface area contributed by atoms with Crippen LogP contribution in [0.1, 0.15) is 11.1 Å². The third-order valence-electron chi connectivity index (χ3n) is 3.81. The lowest BCUT2D eigenvalue weighted by Crippen LogP contribution is -2.15. The molecule has 0 spiro atoms. The topological polar surface area (TPSA) is 73.0 Å². The minimum absolute atomic E-state index is 0.0950. The van der Waals surface area contributed by atoms with Crippen LogP contribution in [0, 0.1) is 13.8 Å². The molecule has 1 aromatic carbocycles. The van der Waals surface area contributed by atoms with Gasteiger partial charge in [0.05, 0.1) is 5.75 Å². The molecule has 27 heavy (non-hydrogen) atoms. The summed E-state index contributed by atoms with van der Waals surface area (Å²) >= 11 is 4.61. The summed E-state index contributed by atoms with van der Waals surface area (Å²) < 4.78 is 8.05. The predicted molar refractivity (Wildman–Crippen MR) is 111 cm³/mol. The van der Waals surface area contributed by atoms with E-state index < -0.39 is 0 Å². The maximum atomic E-state index is 12.3. The summed E-state index contributed by atoms with van der Waals surface area (Å²) in [6.45, 7) is 8.30. The van der Waals surface area contributed by atoms with E-state index in [0.717, 1.165) is 16.8 Å². The summed E-state index contributed by atoms with van der Waals surface area (Å²) in [5.74, 6) is 1.33. The second-order valence-corrected chi connectivity index (χ2v) is 7.69. The quantitative estimate of drug-likeness (QED) is 0.415. The van der Waals surface area contributed by atoms with Crippen molar-refractivity contribution in [1.29, 1.82) is 0 Å². The number of hydrogen-bond donors (Lipinski definition) is 1. The molecule has 3 aromatic rings. The van der Waals surface area contributed by atoms with Gasteiger partial charge in [-0.15, -0.1) is 16.8 Å². The molecule has 0 aliphatic heterocycles. The monoisotopic (exact) mass is 446 g/mol. The fraction of sp³-hybridized carbons (Fsp3) is 0.211. The molecular formula is C19H19BrN4O2S. The first-order chi connectivity index (χ1) is 13.0. The van der Waals surface area contributed by atoms with Gasteiger partial charge in [0, 0.05) is 12.2 Å². The SMILES string of the molecule is C=CCn1c(SCC(=O)Nc2ccc(C)cc2C)nnc1-c1ccc(Br)o1. The van der Waals surface area contributed by atoms with Gasteiger partial charge in [-0.25, -0.2) is 0 Å². The van der Waals surface area contributed by atoms with Crippen molar-refractivity contribution in [2.24, 2.45) is 0 Å². The van der Waals surface area contributed by atoms with Gasteiger partial charge in [-0.1, -0.05) is 35.5 Å². The minimum Gasteiger partial charge on any atom is -0.446 e. The Morgan fingerprint density at radius 2 is 2.15 bits per heavy atom. The summed E-state index contributed by atoms with van der Waals surface area (Å²) in [5, 5.41) is 12.0. The van der Waals surface area contributed by atoms with Crippen LogP contribution in [0.15, 0.2) is 57.2 Å². The van der Waals surface area contributed by atoms with E-state index in [1.165, 1.54) is 11.8 Å². The van der Waals surface area contributed by atoms with Gasteiger partial charge >= 0.3 is 0 Å². The molecule has 2 aromatic heterocycles. The van der Waals surface area contributed by atoms with Crippen LogP contribution < -0.4 is 5.32 Å². The molecule has 0 fully saturated rings. The molecular weight excluding hydrogens is 428 g/mol. The van der Waals surface area contributed by atoms with E-state index in [2.05, 4.69) is 38.0 Å². The highest BCUT2D eigenvalue weighted by molar-refractivity contribution is 9.10. The average molecular weight is 447 g/mol.